The number of thioether (sulfide) groups is 1. The van der Waals surface area contributed by atoms with E-state index in [0.29, 0.717) is 23.0 Å². The predicted molar refractivity (Wildman–Crippen MR) is 78.6 cm³/mol. The van der Waals surface area contributed by atoms with Crippen molar-refractivity contribution in [1.82, 2.24) is 5.32 Å². The first kappa shape index (κ1) is 14.5. The van der Waals surface area contributed by atoms with Crippen LogP contribution in [0.25, 0.3) is 0 Å². The molecule has 104 valence electrons. The number of carbonyl (C=O) groups excluding carboxylic acids is 1. The molecule has 1 amide bonds. The summed E-state index contributed by atoms with van der Waals surface area (Å²) < 4.78 is 5.44. The highest BCUT2D eigenvalue weighted by Gasteiger charge is 2.16. The molecule has 3 N–H and O–H groups in total. The van der Waals surface area contributed by atoms with E-state index in [1.54, 1.807) is 12.1 Å². The zero-order valence-electron chi connectivity index (χ0n) is 10.5. The summed E-state index contributed by atoms with van der Waals surface area (Å²) in [4.78, 5) is 12.6. The van der Waals surface area contributed by atoms with Crippen LogP contribution in [-0.4, -0.2) is 30.9 Å². The standard InChI is InChI=1S/C13H17ClN2O2S/c14-11-6-10(3-4-12(11)15)19-8-13(17)16-7-9-2-1-5-18-9/h3-4,6,9H,1-2,5,7-8,15H2,(H,16,17). The van der Waals surface area contributed by atoms with Crippen LogP contribution < -0.4 is 11.1 Å². The van der Waals surface area contributed by atoms with Crippen molar-refractivity contribution in [1.29, 1.82) is 0 Å². The van der Waals surface area contributed by atoms with E-state index in [2.05, 4.69) is 5.32 Å². The minimum Gasteiger partial charge on any atom is -0.398 e. The molecule has 1 aliphatic rings. The maximum absolute atomic E-state index is 11.7. The molecule has 0 aromatic heterocycles. The van der Waals surface area contributed by atoms with Gasteiger partial charge in [0.2, 0.25) is 5.91 Å². The number of hydrogen-bond donors (Lipinski definition) is 2. The summed E-state index contributed by atoms with van der Waals surface area (Å²) in [5.41, 5.74) is 6.18. The van der Waals surface area contributed by atoms with Crippen LogP contribution in [0.2, 0.25) is 5.02 Å². The number of nitrogens with one attached hydrogen (secondary N) is 1. The van der Waals surface area contributed by atoms with Crippen LogP contribution in [0.3, 0.4) is 0 Å². The largest absolute Gasteiger partial charge is 0.398 e. The Morgan fingerprint density at radius 3 is 3.11 bits per heavy atom. The summed E-state index contributed by atoms with van der Waals surface area (Å²) in [6.07, 6.45) is 2.29. The molecule has 0 radical (unpaired) electrons. The van der Waals surface area contributed by atoms with Gasteiger partial charge in [-0.05, 0) is 31.0 Å². The van der Waals surface area contributed by atoms with E-state index < -0.39 is 0 Å². The number of carbonyl (C=O) groups is 1. The van der Waals surface area contributed by atoms with E-state index in [-0.39, 0.29) is 12.0 Å². The Bertz CT molecular complexity index is 450. The number of anilines is 1. The third kappa shape index (κ3) is 4.60. The maximum atomic E-state index is 11.7. The molecule has 19 heavy (non-hydrogen) atoms. The lowest BCUT2D eigenvalue weighted by molar-refractivity contribution is -0.119. The molecule has 1 aromatic rings. The topological polar surface area (TPSA) is 64.4 Å². The van der Waals surface area contributed by atoms with Gasteiger partial charge in [-0.2, -0.15) is 0 Å². The molecule has 1 saturated heterocycles. The third-order valence-electron chi connectivity index (χ3n) is 2.89. The summed E-state index contributed by atoms with van der Waals surface area (Å²) in [7, 11) is 0. The second-order valence-corrected chi connectivity index (χ2v) is 5.87. The van der Waals surface area contributed by atoms with E-state index in [4.69, 9.17) is 22.1 Å². The third-order valence-corrected chi connectivity index (χ3v) is 4.21. The fourth-order valence-corrected chi connectivity index (χ4v) is 2.84. The molecule has 1 atom stereocenters. The van der Waals surface area contributed by atoms with Crippen molar-refractivity contribution < 1.29 is 9.53 Å². The summed E-state index contributed by atoms with van der Waals surface area (Å²) in [5, 5.41) is 3.40. The van der Waals surface area contributed by atoms with Gasteiger partial charge in [0, 0.05) is 18.0 Å². The Morgan fingerprint density at radius 2 is 2.42 bits per heavy atom. The Morgan fingerprint density at radius 1 is 1.58 bits per heavy atom. The summed E-state index contributed by atoms with van der Waals surface area (Å²) in [6, 6.07) is 5.38. The Balaban J connectivity index is 1.71. The van der Waals surface area contributed by atoms with Crippen LogP contribution in [0.15, 0.2) is 23.1 Å². The molecular formula is C13H17ClN2O2S. The van der Waals surface area contributed by atoms with Crippen molar-refractivity contribution in [2.45, 2.75) is 23.8 Å². The van der Waals surface area contributed by atoms with Gasteiger partial charge >= 0.3 is 0 Å². The molecule has 0 aliphatic carbocycles. The van der Waals surface area contributed by atoms with E-state index in [9.17, 15) is 4.79 Å². The summed E-state index contributed by atoms with van der Waals surface area (Å²) in [6.45, 7) is 1.40. The lowest BCUT2D eigenvalue weighted by atomic mass is 10.2. The Hall–Kier alpha value is -0.910. The fourth-order valence-electron chi connectivity index (χ4n) is 1.83. The van der Waals surface area contributed by atoms with Crippen molar-refractivity contribution in [3.63, 3.8) is 0 Å². The van der Waals surface area contributed by atoms with E-state index in [0.717, 1.165) is 24.3 Å². The normalized spacial score (nSPS) is 18.5. The van der Waals surface area contributed by atoms with Crippen LogP contribution in [0.4, 0.5) is 5.69 Å². The zero-order chi connectivity index (χ0) is 13.7. The molecular weight excluding hydrogens is 284 g/mol. The minimum atomic E-state index is 0.00782. The lowest BCUT2D eigenvalue weighted by Gasteiger charge is -2.10. The fraction of sp³-hybridized carbons (Fsp3) is 0.462. The van der Waals surface area contributed by atoms with E-state index in [1.807, 2.05) is 6.07 Å². The molecule has 0 bridgehead atoms. The summed E-state index contributed by atoms with van der Waals surface area (Å²) in [5.74, 6) is 0.376. The molecule has 1 aromatic carbocycles. The zero-order valence-corrected chi connectivity index (χ0v) is 12.1. The van der Waals surface area contributed by atoms with Gasteiger partial charge in [0.25, 0.3) is 0 Å². The predicted octanol–water partition coefficient (Wildman–Crippen LogP) is 2.31. The maximum Gasteiger partial charge on any atom is 0.230 e. The first-order valence-electron chi connectivity index (χ1n) is 6.21. The van der Waals surface area contributed by atoms with Crippen LogP contribution in [-0.2, 0) is 9.53 Å². The molecule has 1 aliphatic heterocycles. The molecule has 0 saturated carbocycles. The van der Waals surface area contributed by atoms with Crippen LogP contribution in [0.1, 0.15) is 12.8 Å². The molecule has 1 unspecified atom stereocenters. The second kappa shape index (κ2) is 7.03. The van der Waals surface area contributed by atoms with Crippen LogP contribution in [0.5, 0.6) is 0 Å². The second-order valence-electron chi connectivity index (χ2n) is 4.41. The summed E-state index contributed by atoms with van der Waals surface area (Å²) >= 11 is 7.36. The van der Waals surface area contributed by atoms with Gasteiger partial charge in [-0.1, -0.05) is 11.6 Å². The van der Waals surface area contributed by atoms with Gasteiger partial charge in [0.15, 0.2) is 0 Å². The van der Waals surface area contributed by atoms with Crippen molar-refractivity contribution >= 4 is 35.0 Å². The Labute approximate surface area is 122 Å². The molecule has 4 nitrogen and oxygen atoms in total. The van der Waals surface area contributed by atoms with Crippen molar-refractivity contribution in [3.05, 3.63) is 23.2 Å². The number of hydrogen-bond acceptors (Lipinski definition) is 4. The number of benzene rings is 1. The molecule has 0 spiro atoms. The van der Waals surface area contributed by atoms with Crippen LogP contribution in [0, 0.1) is 0 Å². The average molecular weight is 301 g/mol. The molecule has 1 heterocycles. The SMILES string of the molecule is Nc1ccc(SCC(=O)NCC2CCCO2)cc1Cl. The van der Waals surface area contributed by atoms with Gasteiger partial charge in [-0.25, -0.2) is 0 Å². The number of amides is 1. The van der Waals surface area contributed by atoms with E-state index >= 15 is 0 Å². The van der Waals surface area contributed by atoms with Gasteiger partial charge in [0.05, 0.1) is 22.6 Å². The van der Waals surface area contributed by atoms with Gasteiger partial charge in [-0.15, -0.1) is 11.8 Å². The van der Waals surface area contributed by atoms with Crippen molar-refractivity contribution in [3.8, 4) is 0 Å². The average Bonchev–Trinajstić information content (AvgIpc) is 2.91. The molecule has 1 fully saturated rings. The van der Waals surface area contributed by atoms with Crippen molar-refractivity contribution in [2.24, 2.45) is 0 Å². The molecule has 6 heteroatoms. The molecule has 2 rings (SSSR count). The number of nitrogen functional groups attached to an aromatic ring is 1. The van der Waals surface area contributed by atoms with Gasteiger partial charge < -0.3 is 15.8 Å². The first-order valence-corrected chi connectivity index (χ1v) is 7.57. The van der Waals surface area contributed by atoms with Crippen molar-refractivity contribution in [2.75, 3.05) is 24.6 Å². The van der Waals surface area contributed by atoms with E-state index in [1.165, 1.54) is 11.8 Å². The highest BCUT2D eigenvalue weighted by molar-refractivity contribution is 8.00. The highest BCUT2D eigenvalue weighted by Crippen LogP contribution is 2.26. The first-order chi connectivity index (χ1) is 9.15. The number of nitrogens with two attached hydrogens (primary N) is 1. The smallest absolute Gasteiger partial charge is 0.230 e. The minimum absolute atomic E-state index is 0.00782. The number of halogens is 1. The van der Waals surface area contributed by atoms with Gasteiger partial charge in [-0.3, -0.25) is 4.79 Å². The lowest BCUT2D eigenvalue weighted by Crippen LogP contribution is -2.32. The quantitative estimate of drug-likeness (QED) is 0.647. The number of ether oxygens (including phenoxy) is 1. The van der Waals surface area contributed by atoms with Gasteiger partial charge in [0.1, 0.15) is 0 Å². The number of rotatable bonds is 5. The monoisotopic (exact) mass is 300 g/mol. The highest BCUT2D eigenvalue weighted by atomic mass is 35.5. The van der Waals surface area contributed by atoms with Crippen LogP contribution >= 0.6 is 23.4 Å². The Kier molecular flexibility index (Phi) is 5.36.